The summed E-state index contributed by atoms with van der Waals surface area (Å²) in [4.78, 5) is 17.5. The molecule has 3 heterocycles. The van der Waals surface area contributed by atoms with Gasteiger partial charge in [-0.2, -0.15) is 5.10 Å². The van der Waals surface area contributed by atoms with Crippen LogP contribution in [-0.4, -0.2) is 38.8 Å². The van der Waals surface area contributed by atoms with Gasteiger partial charge in [0.25, 0.3) is 0 Å². The molecule has 2 aromatic heterocycles. The lowest BCUT2D eigenvalue weighted by Gasteiger charge is -2.31. The molecule has 1 saturated heterocycles. The van der Waals surface area contributed by atoms with Crippen molar-refractivity contribution in [3.8, 4) is 0 Å². The van der Waals surface area contributed by atoms with Crippen molar-refractivity contribution in [1.82, 2.24) is 14.6 Å². The zero-order valence-corrected chi connectivity index (χ0v) is 10.8. The number of nitrogens with zero attached hydrogens (tertiary/aromatic N) is 4. The predicted molar refractivity (Wildman–Crippen MR) is 70.3 cm³/mol. The number of aromatic nitrogens is 3. The molecule has 1 N–H and O–H groups in total. The number of anilines is 1. The third kappa shape index (κ3) is 2.14. The molecular weight excluding hydrogens is 244 g/mol. The Bertz CT molecular complexity index is 614. The SMILES string of the molecule is Cc1cc2c(N3CCC(C(=O)O)CC3)nccn2n1. The maximum Gasteiger partial charge on any atom is 0.306 e. The minimum atomic E-state index is -0.689. The maximum absolute atomic E-state index is 11.0. The summed E-state index contributed by atoms with van der Waals surface area (Å²) in [7, 11) is 0. The number of aliphatic carboxylic acids is 1. The molecule has 19 heavy (non-hydrogen) atoms. The average Bonchev–Trinajstić information content (AvgIpc) is 2.78. The molecule has 0 unspecified atom stereocenters. The monoisotopic (exact) mass is 260 g/mol. The molecule has 1 aliphatic rings. The van der Waals surface area contributed by atoms with Crippen LogP contribution in [0.5, 0.6) is 0 Å². The van der Waals surface area contributed by atoms with Gasteiger partial charge in [-0.1, -0.05) is 0 Å². The van der Waals surface area contributed by atoms with E-state index < -0.39 is 5.97 Å². The number of carboxylic acid groups (broad SMARTS) is 1. The van der Waals surface area contributed by atoms with Crippen molar-refractivity contribution >= 4 is 17.3 Å². The first-order valence-corrected chi connectivity index (χ1v) is 6.44. The molecule has 100 valence electrons. The lowest BCUT2D eigenvalue weighted by atomic mass is 9.97. The van der Waals surface area contributed by atoms with Gasteiger partial charge in [-0.25, -0.2) is 9.50 Å². The van der Waals surface area contributed by atoms with Gasteiger partial charge in [0, 0.05) is 25.5 Å². The minimum absolute atomic E-state index is 0.220. The number of piperidine rings is 1. The Kier molecular flexibility index (Phi) is 2.85. The van der Waals surface area contributed by atoms with Gasteiger partial charge in [0.15, 0.2) is 5.82 Å². The van der Waals surface area contributed by atoms with E-state index in [-0.39, 0.29) is 5.92 Å². The van der Waals surface area contributed by atoms with E-state index in [1.165, 1.54) is 0 Å². The Morgan fingerprint density at radius 1 is 1.42 bits per heavy atom. The summed E-state index contributed by atoms with van der Waals surface area (Å²) in [5.74, 6) is -0.0133. The summed E-state index contributed by atoms with van der Waals surface area (Å²) in [6.45, 7) is 3.41. The highest BCUT2D eigenvalue weighted by Gasteiger charge is 2.26. The van der Waals surface area contributed by atoms with Gasteiger partial charge >= 0.3 is 5.97 Å². The molecule has 0 saturated carbocycles. The number of rotatable bonds is 2. The summed E-state index contributed by atoms with van der Waals surface area (Å²) in [5.41, 5.74) is 1.93. The Morgan fingerprint density at radius 2 is 2.16 bits per heavy atom. The molecule has 0 bridgehead atoms. The van der Waals surface area contributed by atoms with E-state index in [0.717, 1.165) is 30.1 Å². The van der Waals surface area contributed by atoms with E-state index in [9.17, 15) is 4.79 Å². The lowest BCUT2D eigenvalue weighted by Crippen LogP contribution is -2.37. The average molecular weight is 260 g/mol. The number of carboxylic acids is 1. The van der Waals surface area contributed by atoms with Crippen molar-refractivity contribution in [2.75, 3.05) is 18.0 Å². The smallest absolute Gasteiger partial charge is 0.306 e. The van der Waals surface area contributed by atoms with Crippen LogP contribution in [0, 0.1) is 12.8 Å². The normalized spacial score (nSPS) is 17.0. The zero-order chi connectivity index (χ0) is 13.4. The molecular formula is C13H16N4O2. The van der Waals surface area contributed by atoms with Gasteiger partial charge < -0.3 is 10.0 Å². The number of fused-ring (bicyclic) bond motifs is 1. The minimum Gasteiger partial charge on any atom is -0.481 e. The molecule has 0 aromatic carbocycles. The fourth-order valence-electron chi connectivity index (χ4n) is 2.61. The quantitative estimate of drug-likeness (QED) is 0.882. The summed E-state index contributed by atoms with van der Waals surface area (Å²) < 4.78 is 1.82. The molecule has 1 aliphatic heterocycles. The van der Waals surface area contributed by atoms with Gasteiger partial charge in [0.2, 0.25) is 0 Å². The number of hydrogen-bond donors (Lipinski definition) is 1. The van der Waals surface area contributed by atoms with Crippen molar-refractivity contribution in [3.63, 3.8) is 0 Å². The van der Waals surface area contributed by atoms with Crippen molar-refractivity contribution in [1.29, 1.82) is 0 Å². The molecule has 0 aliphatic carbocycles. The van der Waals surface area contributed by atoms with E-state index in [4.69, 9.17) is 5.11 Å². The van der Waals surface area contributed by atoms with Crippen LogP contribution in [0.2, 0.25) is 0 Å². The second-order valence-corrected chi connectivity index (χ2v) is 4.97. The van der Waals surface area contributed by atoms with Crippen molar-refractivity contribution < 1.29 is 9.90 Å². The van der Waals surface area contributed by atoms with Crippen LogP contribution in [0.1, 0.15) is 18.5 Å². The van der Waals surface area contributed by atoms with Crippen LogP contribution in [0.4, 0.5) is 5.82 Å². The first-order valence-electron chi connectivity index (χ1n) is 6.44. The Hall–Kier alpha value is -2.11. The van der Waals surface area contributed by atoms with Crippen LogP contribution in [0.15, 0.2) is 18.5 Å². The summed E-state index contributed by atoms with van der Waals surface area (Å²) in [5, 5.41) is 13.4. The van der Waals surface area contributed by atoms with Gasteiger partial charge in [-0.05, 0) is 25.8 Å². The molecule has 0 amide bonds. The molecule has 1 fully saturated rings. The van der Waals surface area contributed by atoms with E-state index in [2.05, 4.69) is 15.0 Å². The van der Waals surface area contributed by atoms with E-state index in [1.807, 2.05) is 23.7 Å². The largest absolute Gasteiger partial charge is 0.481 e. The van der Waals surface area contributed by atoms with Gasteiger partial charge in [-0.3, -0.25) is 4.79 Å². The topological polar surface area (TPSA) is 70.7 Å². The third-order valence-electron chi connectivity index (χ3n) is 3.64. The van der Waals surface area contributed by atoms with Crippen molar-refractivity contribution in [3.05, 3.63) is 24.2 Å². The molecule has 6 heteroatoms. The third-order valence-corrected chi connectivity index (χ3v) is 3.64. The zero-order valence-electron chi connectivity index (χ0n) is 10.8. The Labute approximate surface area is 110 Å². The first kappa shape index (κ1) is 12.0. The summed E-state index contributed by atoms with van der Waals surface area (Å²) in [6, 6.07) is 2.01. The molecule has 0 spiro atoms. The summed E-state index contributed by atoms with van der Waals surface area (Å²) in [6.07, 6.45) is 4.91. The maximum atomic E-state index is 11.0. The number of aryl methyl sites for hydroxylation is 1. The molecule has 2 aromatic rings. The fraction of sp³-hybridized carbons (Fsp3) is 0.462. The second-order valence-electron chi connectivity index (χ2n) is 4.97. The molecule has 0 atom stereocenters. The van der Waals surface area contributed by atoms with Crippen molar-refractivity contribution in [2.45, 2.75) is 19.8 Å². The van der Waals surface area contributed by atoms with Gasteiger partial charge in [0.1, 0.15) is 5.52 Å². The van der Waals surface area contributed by atoms with E-state index in [1.54, 1.807) is 6.20 Å². The Balaban J connectivity index is 1.87. The predicted octanol–water partition coefficient (Wildman–Crippen LogP) is 1.34. The highest BCUT2D eigenvalue weighted by Crippen LogP contribution is 2.25. The lowest BCUT2D eigenvalue weighted by molar-refractivity contribution is -0.142. The fourth-order valence-corrected chi connectivity index (χ4v) is 2.61. The van der Waals surface area contributed by atoms with Crippen LogP contribution in [0.3, 0.4) is 0 Å². The molecule has 3 rings (SSSR count). The van der Waals surface area contributed by atoms with E-state index >= 15 is 0 Å². The highest BCUT2D eigenvalue weighted by atomic mass is 16.4. The molecule has 6 nitrogen and oxygen atoms in total. The Morgan fingerprint density at radius 3 is 2.84 bits per heavy atom. The van der Waals surface area contributed by atoms with Crippen LogP contribution in [-0.2, 0) is 4.79 Å². The highest BCUT2D eigenvalue weighted by molar-refractivity contribution is 5.72. The van der Waals surface area contributed by atoms with Crippen LogP contribution in [0.25, 0.3) is 5.52 Å². The van der Waals surface area contributed by atoms with Crippen LogP contribution >= 0.6 is 0 Å². The number of hydrogen-bond acceptors (Lipinski definition) is 4. The standard InChI is InChI=1S/C13H16N4O2/c1-9-8-11-12(14-4-7-17(11)15-9)16-5-2-10(3-6-16)13(18)19/h4,7-8,10H,2-3,5-6H2,1H3,(H,18,19). The van der Waals surface area contributed by atoms with Crippen molar-refractivity contribution in [2.24, 2.45) is 5.92 Å². The second kappa shape index (κ2) is 4.53. The van der Waals surface area contributed by atoms with Gasteiger partial charge in [-0.15, -0.1) is 0 Å². The summed E-state index contributed by atoms with van der Waals surface area (Å²) >= 11 is 0. The van der Waals surface area contributed by atoms with Gasteiger partial charge in [0.05, 0.1) is 11.6 Å². The molecule has 0 radical (unpaired) electrons. The van der Waals surface area contributed by atoms with E-state index in [0.29, 0.717) is 12.8 Å². The number of carbonyl (C=O) groups is 1. The first-order chi connectivity index (χ1) is 9.15. The van der Waals surface area contributed by atoms with Crippen LogP contribution < -0.4 is 4.90 Å².